The van der Waals surface area contributed by atoms with Gasteiger partial charge in [0.05, 0.1) is 30.2 Å². The average molecular weight is 554 g/mol. The van der Waals surface area contributed by atoms with E-state index in [9.17, 15) is 4.79 Å². The highest BCUT2D eigenvalue weighted by atomic mass is 79.9. The number of nitrogens with one attached hydrogen (secondary N) is 1. The largest absolute Gasteiger partial charge is 0.487 e. The molecule has 9 heteroatoms. The number of pyridine rings is 1. The van der Waals surface area contributed by atoms with Crippen molar-refractivity contribution in [3.63, 3.8) is 0 Å². The Morgan fingerprint density at radius 2 is 1.84 bits per heavy atom. The van der Waals surface area contributed by atoms with Crippen molar-refractivity contribution in [1.29, 1.82) is 0 Å². The smallest absolute Gasteiger partial charge is 0.356 e. The maximum absolute atomic E-state index is 12.4. The summed E-state index contributed by atoms with van der Waals surface area (Å²) in [5.74, 6) is 0.153. The maximum Gasteiger partial charge on any atom is 0.356 e. The summed E-state index contributed by atoms with van der Waals surface area (Å²) >= 11 is 3.44. The molecule has 182 valence electrons. The molecule has 6 aromatic rings. The number of benzene rings is 3. The minimum atomic E-state index is -0.491. The van der Waals surface area contributed by atoms with Gasteiger partial charge in [0.2, 0.25) is 0 Å². The second-order valence-electron chi connectivity index (χ2n) is 8.39. The predicted octanol–water partition coefficient (Wildman–Crippen LogP) is 6.09. The molecule has 6 rings (SSSR count). The van der Waals surface area contributed by atoms with Crippen LogP contribution in [0.2, 0.25) is 0 Å². The summed E-state index contributed by atoms with van der Waals surface area (Å²) < 4.78 is 13.7. The molecule has 3 heterocycles. The molecule has 0 aliphatic rings. The Balaban J connectivity index is 1.32. The number of halogens is 1. The fourth-order valence-electron chi connectivity index (χ4n) is 4.24. The van der Waals surface area contributed by atoms with Gasteiger partial charge in [-0.25, -0.2) is 14.5 Å². The molecule has 0 bridgehead atoms. The van der Waals surface area contributed by atoms with Gasteiger partial charge in [-0.1, -0.05) is 51.5 Å². The number of esters is 1. The maximum atomic E-state index is 12.4. The molecule has 0 saturated heterocycles. The van der Waals surface area contributed by atoms with E-state index in [0.717, 1.165) is 37.5 Å². The fraction of sp³-hybridized carbons (Fsp3) is 0.0714. The molecule has 3 aromatic carbocycles. The van der Waals surface area contributed by atoms with Crippen LogP contribution in [0.5, 0.6) is 5.75 Å². The summed E-state index contributed by atoms with van der Waals surface area (Å²) in [6.45, 7) is 0.247. The van der Waals surface area contributed by atoms with Crippen LogP contribution in [0, 0.1) is 0 Å². The average Bonchev–Trinajstić information content (AvgIpc) is 3.56. The topological polar surface area (TPSA) is 94.9 Å². The van der Waals surface area contributed by atoms with Gasteiger partial charge in [-0.2, -0.15) is 0 Å². The van der Waals surface area contributed by atoms with Gasteiger partial charge in [-0.15, -0.1) is 5.10 Å². The fourth-order valence-corrected chi connectivity index (χ4v) is 4.50. The number of carbonyl (C=O) groups excluding carboxylic acids is 1. The number of aromatic amines is 1. The summed E-state index contributed by atoms with van der Waals surface area (Å²) in [6, 6.07) is 25.1. The van der Waals surface area contributed by atoms with Crippen LogP contribution in [-0.4, -0.2) is 38.0 Å². The van der Waals surface area contributed by atoms with Crippen LogP contribution in [0.3, 0.4) is 0 Å². The number of nitrogens with zero attached hydrogens (tertiary/aromatic N) is 4. The monoisotopic (exact) mass is 553 g/mol. The molecule has 0 spiro atoms. The standard InChI is InChI=1S/C28H20BrN5O3/c1-36-28(35)25-14-23-22-7-2-3-8-24(22)30-27(23)26(31-25)17-5-4-6-21(13-17)37-16-19-15-34(33-32-19)20-11-9-18(29)10-12-20/h2-15,30H,16H2,1H3. The molecule has 37 heavy (non-hydrogen) atoms. The number of aromatic nitrogens is 5. The normalized spacial score (nSPS) is 11.2. The Kier molecular flexibility index (Phi) is 5.90. The number of rotatable bonds is 6. The van der Waals surface area contributed by atoms with Crippen LogP contribution in [-0.2, 0) is 11.3 Å². The number of H-pyrrole nitrogens is 1. The van der Waals surface area contributed by atoms with E-state index in [1.54, 1.807) is 10.7 Å². The number of fused-ring (bicyclic) bond motifs is 3. The lowest BCUT2D eigenvalue weighted by molar-refractivity contribution is 0.0594. The van der Waals surface area contributed by atoms with Crippen molar-refractivity contribution >= 4 is 43.7 Å². The van der Waals surface area contributed by atoms with Gasteiger partial charge in [0.15, 0.2) is 0 Å². The number of hydrogen-bond acceptors (Lipinski definition) is 6. The molecule has 1 N–H and O–H groups in total. The molecule has 0 saturated carbocycles. The molecule has 3 aromatic heterocycles. The second-order valence-corrected chi connectivity index (χ2v) is 9.30. The molecule has 0 atom stereocenters. The highest BCUT2D eigenvalue weighted by molar-refractivity contribution is 9.10. The number of para-hydroxylation sites is 1. The Morgan fingerprint density at radius 3 is 2.68 bits per heavy atom. The lowest BCUT2D eigenvalue weighted by Gasteiger charge is -2.09. The summed E-state index contributed by atoms with van der Waals surface area (Å²) in [5, 5.41) is 10.3. The van der Waals surface area contributed by atoms with Gasteiger partial charge in [-0.05, 0) is 48.5 Å². The number of ether oxygens (including phenoxy) is 2. The van der Waals surface area contributed by atoms with Crippen molar-refractivity contribution in [3.8, 4) is 22.7 Å². The van der Waals surface area contributed by atoms with Crippen LogP contribution in [0.1, 0.15) is 16.2 Å². The van der Waals surface area contributed by atoms with Gasteiger partial charge < -0.3 is 14.5 Å². The van der Waals surface area contributed by atoms with E-state index in [1.165, 1.54) is 7.11 Å². The van der Waals surface area contributed by atoms with Gasteiger partial charge in [0.1, 0.15) is 23.7 Å². The van der Waals surface area contributed by atoms with E-state index < -0.39 is 5.97 Å². The first-order chi connectivity index (χ1) is 18.1. The summed E-state index contributed by atoms with van der Waals surface area (Å²) in [5.41, 5.74) is 5.08. The third-order valence-electron chi connectivity index (χ3n) is 6.02. The first-order valence-electron chi connectivity index (χ1n) is 11.5. The predicted molar refractivity (Wildman–Crippen MR) is 144 cm³/mol. The molecular weight excluding hydrogens is 534 g/mol. The molecule has 8 nitrogen and oxygen atoms in total. The highest BCUT2D eigenvalue weighted by Gasteiger charge is 2.18. The molecular formula is C28H20BrN5O3. The quantitative estimate of drug-likeness (QED) is 0.251. The van der Waals surface area contributed by atoms with Crippen molar-refractivity contribution in [3.05, 3.63) is 101 Å². The van der Waals surface area contributed by atoms with Crippen LogP contribution in [0.4, 0.5) is 0 Å². The van der Waals surface area contributed by atoms with Gasteiger partial charge in [-0.3, -0.25) is 0 Å². The minimum Gasteiger partial charge on any atom is -0.487 e. The zero-order chi connectivity index (χ0) is 25.4. The highest BCUT2D eigenvalue weighted by Crippen LogP contribution is 2.34. The van der Waals surface area contributed by atoms with Gasteiger partial charge in [0, 0.05) is 26.3 Å². The summed E-state index contributed by atoms with van der Waals surface area (Å²) in [7, 11) is 1.35. The van der Waals surface area contributed by atoms with Crippen LogP contribution in [0.25, 0.3) is 38.8 Å². The first kappa shape index (κ1) is 22.9. The minimum absolute atomic E-state index is 0.241. The van der Waals surface area contributed by atoms with E-state index >= 15 is 0 Å². The lowest BCUT2D eigenvalue weighted by Crippen LogP contribution is -2.05. The number of hydrogen-bond donors (Lipinski definition) is 1. The number of carbonyl (C=O) groups is 1. The molecule has 0 fully saturated rings. The first-order valence-corrected chi connectivity index (χ1v) is 12.3. The van der Waals surface area contributed by atoms with Crippen LogP contribution in [0.15, 0.2) is 89.5 Å². The molecule has 0 aliphatic carbocycles. The Bertz CT molecular complexity index is 1760. The van der Waals surface area contributed by atoms with E-state index in [2.05, 4.69) is 36.2 Å². The zero-order valence-corrected chi connectivity index (χ0v) is 21.3. The van der Waals surface area contributed by atoms with Crippen molar-refractivity contribution in [2.75, 3.05) is 7.11 Å². The second kappa shape index (κ2) is 9.51. The van der Waals surface area contributed by atoms with Crippen molar-refractivity contribution in [1.82, 2.24) is 25.0 Å². The Hall–Kier alpha value is -4.50. The molecule has 0 radical (unpaired) electrons. The molecule has 0 aliphatic heterocycles. The third-order valence-corrected chi connectivity index (χ3v) is 6.55. The number of methoxy groups -OCH3 is 1. The van der Waals surface area contributed by atoms with Crippen molar-refractivity contribution in [2.45, 2.75) is 6.61 Å². The van der Waals surface area contributed by atoms with Gasteiger partial charge >= 0.3 is 5.97 Å². The molecule has 0 amide bonds. The Morgan fingerprint density at radius 1 is 1.00 bits per heavy atom. The van der Waals surface area contributed by atoms with Crippen LogP contribution >= 0.6 is 15.9 Å². The molecule has 0 unspecified atom stereocenters. The van der Waals surface area contributed by atoms with Crippen molar-refractivity contribution in [2.24, 2.45) is 0 Å². The van der Waals surface area contributed by atoms with E-state index in [-0.39, 0.29) is 12.3 Å². The Labute approximate surface area is 220 Å². The van der Waals surface area contributed by atoms with E-state index in [4.69, 9.17) is 9.47 Å². The summed E-state index contributed by atoms with van der Waals surface area (Å²) in [6.07, 6.45) is 1.84. The van der Waals surface area contributed by atoms with Crippen molar-refractivity contribution < 1.29 is 14.3 Å². The lowest BCUT2D eigenvalue weighted by atomic mass is 10.1. The van der Waals surface area contributed by atoms with E-state index in [0.29, 0.717) is 17.1 Å². The zero-order valence-electron chi connectivity index (χ0n) is 19.7. The SMILES string of the molecule is COC(=O)c1cc2c([nH]c3ccccc32)c(-c2cccc(OCc3cn(-c4ccc(Br)cc4)nn3)c2)n1. The third kappa shape index (κ3) is 4.45. The van der Waals surface area contributed by atoms with E-state index in [1.807, 2.05) is 79.0 Å². The summed E-state index contributed by atoms with van der Waals surface area (Å²) in [4.78, 5) is 20.5. The van der Waals surface area contributed by atoms with Crippen LogP contribution < -0.4 is 4.74 Å². The van der Waals surface area contributed by atoms with Gasteiger partial charge in [0.25, 0.3) is 0 Å².